The normalized spacial score (nSPS) is 23.4. The molecule has 132 valence electrons. The van der Waals surface area contributed by atoms with Crippen LogP contribution in [0.4, 0.5) is 5.82 Å². The van der Waals surface area contributed by atoms with E-state index in [0.29, 0.717) is 11.2 Å². The van der Waals surface area contributed by atoms with E-state index in [-0.39, 0.29) is 11.8 Å². The van der Waals surface area contributed by atoms with Crippen LogP contribution in [0, 0.1) is 5.92 Å². The number of rotatable bonds is 3. The third kappa shape index (κ3) is 4.82. The zero-order valence-electron chi connectivity index (χ0n) is 14.2. The lowest BCUT2D eigenvalue weighted by atomic mass is 9.94. The van der Waals surface area contributed by atoms with Crippen LogP contribution >= 0.6 is 11.6 Å². The number of aromatic nitrogens is 2. The van der Waals surface area contributed by atoms with Crippen molar-refractivity contribution in [1.29, 1.82) is 0 Å². The standard InChI is InChI=1S/C18H27ClN4O/c19-16-10-11-17(22-21-16)23-12-6-7-14(13-23)18(24)20-15-8-4-2-1-3-5-9-15/h10-11,14-15H,1-9,12-13H2,(H,20,24). The molecule has 1 saturated carbocycles. The molecule has 1 aliphatic carbocycles. The van der Waals surface area contributed by atoms with Crippen molar-refractivity contribution in [2.24, 2.45) is 5.92 Å². The number of carbonyl (C=O) groups excluding carboxylic acids is 1. The van der Waals surface area contributed by atoms with Crippen molar-refractivity contribution in [2.45, 2.75) is 63.8 Å². The Morgan fingerprint density at radius 2 is 1.79 bits per heavy atom. The summed E-state index contributed by atoms with van der Waals surface area (Å²) in [5.74, 6) is 1.07. The average molecular weight is 351 g/mol. The van der Waals surface area contributed by atoms with Gasteiger partial charge in [-0.15, -0.1) is 10.2 Å². The number of hydrogen-bond acceptors (Lipinski definition) is 4. The van der Waals surface area contributed by atoms with Crippen molar-refractivity contribution in [3.05, 3.63) is 17.3 Å². The minimum atomic E-state index is 0.0432. The average Bonchev–Trinajstić information content (AvgIpc) is 2.58. The van der Waals surface area contributed by atoms with Crippen molar-refractivity contribution in [1.82, 2.24) is 15.5 Å². The zero-order valence-corrected chi connectivity index (χ0v) is 15.0. The van der Waals surface area contributed by atoms with Gasteiger partial charge in [-0.1, -0.05) is 43.7 Å². The Kier molecular flexibility index (Phi) is 6.30. The Bertz CT molecular complexity index is 528. The van der Waals surface area contributed by atoms with Crippen LogP contribution in [0.3, 0.4) is 0 Å². The molecule has 0 radical (unpaired) electrons. The molecule has 1 saturated heterocycles. The molecule has 1 unspecified atom stereocenters. The van der Waals surface area contributed by atoms with E-state index in [9.17, 15) is 4.79 Å². The molecule has 1 amide bonds. The van der Waals surface area contributed by atoms with Gasteiger partial charge in [0.1, 0.15) is 0 Å². The molecule has 1 aromatic rings. The quantitative estimate of drug-likeness (QED) is 0.905. The SMILES string of the molecule is O=C(NC1CCCCCCC1)C1CCCN(c2ccc(Cl)nn2)C1. The molecule has 2 aliphatic rings. The molecule has 0 bridgehead atoms. The molecule has 1 N–H and O–H groups in total. The Morgan fingerprint density at radius 3 is 2.50 bits per heavy atom. The number of carbonyl (C=O) groups is 1. The summed E-state index contributed by atoms with van der Waals surface area (Å²) in [6, 6.07) is 4.00. The fourth-order valence-electron chi connectivity index (χ4n) is 3.80. The minimum Gasteiger partial charge on any atom is -0.354 e. The van der Waals surface area contributed by atoms with Gasteiger partial charge >= 0.3 is 0 Å². The summed E-state index contributed by atoms with van der Waals surface area (Å²) in [7, 11) is 0. The van der Waals surface area contributed by atoms with Gasteiger partial charge in [-0.3, -0.25) is 4.79 Å². The van der Waals surface area contributed by atoms with Crippen molar-refractivity contribution in [3.8, 4) is 0 Å². The van der Waals surface area contributed by atoms with Crippen molar-refractivity contribution in [2.75, 3.05) is 18.0 Å². The van der Waals surface area contributed by atoms with E-state index in [1.165, 1.54) is 32.1 Å². The van der Waals surface area contributed by atoms with Crippen LogP contribution in [0.5, 0.6) is 0 Å². The summed E-state index contributed by atoms with van der Waals surface area (Å²) in [5.41, 5.74) is 0. The van der Waals surface area contributed by atoms with Crippen LogP contribution in [-0.4, -0.2) is 35.2 Å². The van der Waals surface area contributed by atoms with Gasteiger partial charge in [-0.25, -0.2) is 0 Å². The van der Waals surface area contributed by atoms with E-state index >= 15 is 0 Å². The lowest BCUT2D eigenvalue weighted by molar-refractivity contribution is -0.126. The Balaban J connectivity index is 1.55. The van der Waals surface area contributed by atoms with Gasteiger partial charge in [0.15, 0.2) is 11.0 Å². The predicted molar refractivity (Wildman–Crippen MR) is 96.2 cm³/mol. The van der Waals surface area contributed by atoms with E-state index in [1.807, 2.05) is 6.07 Å². The first kappa shape index (κ1) is 17.5. The van der Waals surface area contributed by atoms with Crippen molar-refractivity contribution in [3.63, 3.8) is 0 Å². The fourth-order valence-corrected chi connectivity index (χ4v) is 3.90. The molecular formula is C18H27ClN4O. The summed E-state index contributed by atoms with van der Waals surface area (Å²) in [6.45, 7) is 1.64. The van der Waals surface area contributed by atoms with E-state index in [0.717, 1.165) is 44.6 Å². The van der Waals surface area contributed by atoms with Crippen LogP contribution in [0.25, 0.3) is 0 Å². The highest BCUT2D eigenvalue weighted by Crippen LogP contribution is 2.23. The van der Waals surface area contributed by atoms with Gasteiger partial charge in [0.2, 0.25) is 5.91 Å². The number of amides is 1. The minimum absolute atomic E-state index is 0.0432. The van der Waals surface area contributed by atoms with Gasteiger partial charge in [0.25, 0.3) is 0 Å². The topological polar surface area (TPSA) is 58.1 Å². The first-order valence-corrected chi connectivity index (χ1v) is 9.65. The number of nitrogens with one attached hydrogen (secondary N) is 1. The molecule has 3 rings (SSSR count). The third-order valence-corrected chi connectivity index (χ3v) is 5.39. The molecule has 1 atom stereocenters. The van der Waals surface area contributed by atoms with Gasteiger partial charge in [0, 0.05) is 19.1 Å². The summed E-state index contributed by atoms with van der Waals surface area (Å²) >= 11 is 5.81. The summed E-state index contributed by atoms with van der Waals surface area (Å²) in [6.07, 6.45) is 10.7. The number of anilines is 1. The molecule has 6 heteroatoms. The maximum atomic E-state index is 12.7. The second-order valence-corrected chi connectivity index (χ2v) is 7.44. The predicted octanol–water partition coefficient (Wildman–Crippen LogP) is 3.58. The van der Waals surface area contributed by atoms with Gasteiger partial charge in [-0.05, 0) is 37.8 Å². The van der Waals surface area contributed by atoms with Gasteiger partial charge in [-0.2, -0.15) is 0 Å². The number of nitrogens with zero attached hydrogens (tertiary/aromatic N) is 3. The summed E-state index contributed by atoms with van der Waals surface area (Å²) < 4.78 is 0. The van der Waals surface area contributed by atoms with Crippen LogP contribution in [0.2, 0.25) is 5.15 Å². The third-order valence-electron chi connectivity index (χ3n) is 5.19. The van der Waals surface area contributed by atoms with Crippen LogP contribution < -0.4 is 10.2 Å². The van der Waals surface area contributed by atoms with Crippen LogP contribution in [0.1, 0.15) is 57.8 Å². The van der Waals surface area contributed by atoms with Gasteiger partial charge in [0.05, 0.1) is 5.92 Å². The number of piperidine rings is 1. The largest absolute Gasteiger partial charge is 0.354 e. The lowest BCUT2D eigenvalue weighted by Crippen LogP contribution is -2.46. The second kappa shape index (κ2) is 8.65. The zero-order chi connectivity index (χ0) is 16.8. The van der Waals surface area contributed by atoms with E-state index in [1.54, 1.807) is 6.07 Å². The monoisotopic (exact) mass is 350 g/mol. The summed E-state index contributed by atoms with van der Waals surface area (Å²) in [4.78, 5) is 14.8. The van der Waals surface area contributed by atoms with Crippen LogP contribution in [0.15, 0.2) is 12.1 Å². The molecule has 0 spiro atoms. The Labute approximate surface area is 149 Å². The molecule has 2 heterocycles. The van der Waals surface area contributed by atoms with E-state index < -0.39 is 0 Å². The van der Waals surface area contributed by atoms with E-state index in [4.69, 9.17) is 11.6 Å². The Morgan fingerprint density at radius 1 is 1.04 bits per heavy atom. The number of hydrogen-bond donors (Lipinski definition) is 1. The highest BCUT2D eigenvalue weighted by atomic mass is 35.5. The first-order valence-electron chi connectivity index (χ1n) is 9.27. The molecule has 5 nitrogen and oxygen atoms in total. The second-order valence-electron chi connectivity index (χ2n) is 7.05. The Hall–Kier alpha value is -1.36. The summed E-state index contributed by atoms with van der Waals surface area (Å²) in [5, 5.41) is 11.8. The van der Waals surface area contributed by atoms with Crippen molar-refractivity contribution < 1.29 is 4.79 Å². The maximum absolute atomic E-state index is 12.7. The fraction of sp³-hybridized carbons (Fsp3) is 0.722. The van der Waals surface area contributed by atoms with Crippen LogP contribution in [-0.2, 0) is 4.79 Å². The number of halogens is 1. The smallest absolute Gasteiger partial charge is 0.225 e. The van der Waals surface area contributed by atoms with E-state index in [2.05, 4.69) is 20.4 Å². The van der Waals surface area contributed by atoms with Crippen molar-refractivity contribution >= 4 is 23.3 Å². The molecular weight excluding hydrogens is 324 g/mol. The highest BCUT2D eigenvalue weighted by molar-refractivity contribution is 6.29. The molecule has 2 fully saturated rings. The highest BCUT2D eigenvalue weighted by Gasteiger charge is 2.28. The molecule has 1 aromatic heterocycles. The maximum Gasteiger partial charge on any atom is 0.225 e. The lowest BCUT2D eigenvalue weighted by Gasteiger charge is -2.33. The molecule has 1 aliphatic heterocycles. The molecule has 0 aromatic carbocycles. The molecule has 24 heavy (non-hydrogen) atoms. The first-order chi connectivity index (χ1) is 11.7. The van der Waals surface area contributed by atoms with Gasteiger partial charge < -0.3 is 10.2 Å².